The lowest BCUT2D eigenvalue weighted by atomic mass is 10.1. The second kappa shape index (κ2) is 4.83. The highest BCUT2D eigenvalue weighted by Crippen LogP contribution is 2.06. The summed E-state index contributed by atoms with van der Waals surface area (Å²) in [5.74, 6) is -1.03. The first-order chi connectivity index (χ1) is 8.59. The lowest BCUT2D eigenvalue weighted by molar-refractivity contribution is -0.136. The maximum Gasteiger partial charge on any atom is 0.308 e. The van der Waals surface area contributed by atoms with Crippen molar-refractivity contribution in [3.8, 4) is 5.69 Å². The summed E-state index contributed by atoms with van der Waals surface area (Å²) in [7, 11) is 0. The Bertz CT molecular complexity index is 632. The van der Waals surface area contributed by atoms with Gasteiger partial charge in [0.05, 0.1) is 18.3 Å². The maximum absolute atomic E-state index is 12.2. The van der Waals surface area contributed by atoms with Gasteiger partial charge in [-0.05, 0) is 24.6 Å². The highest BCUT2D eigenvalue weighted by Gasteiger charge is 2.12. The van der Waals surface area contributed by atoms with Crippen LogP contribution in [0.1, 0.15) is 11.1 Å². The lowest BCUT2D eigenvalue weighted by Crippen LogP contribution is -2.27. The Kier molecular flexibility index (Phi) is 3.23. The first-order valence-corrected chi connectivity index (χ1v) is 5.44. The van der Waals surface area contributed by atoms with Crippen molar-refractivity contribution in [2.45, 2.75) is 13.3 Å². The number of nitrogens with zero attached hydrogens (tertiary/aromatic N) is 2. The molecular formula is C13H12N2O3. The van der Waals surface area contributed by atoms with Gasteiger partial charge in [0.2, 0.25) is 0 Å². The number of hydrogen-bond donors (Lipinski definition) is 1. The average molecular weight is 244 g/mol. The lowest BCUT2D eigenvalue weighted by Gasteiger charge is -2.07. The number of hydrogen-bond acceptors (Lipinski definition) is 3. The van der Waals surface area contributed by atoms with Gasteiger partial charge in [-0.2, -0.15) is 9.78 Å². The Hall–Kier alpha value is -2.43. The monoisotopic (exact) mass is 244 g/mol. The van der Waals surface area contributed by atoms with Gasteiger partial charge in [0.1, 0.15) is 0 Å². The fraction of sp³-hybridized carbons (Fsp3) is 0.154. The van der Waals surface area contributed by atoms with Crippen LogP contribution < -0.4 is 5.56 Å². The molecule has 0 saturated heterocycles. The molecule has 5 nitrogen and oxygen atoms in total. The molecule has 0 aliphatic rings. The Labute approximate surface area is 103 Å². The number of carbonyl (C=O) groups is 1. The minimum Gasteiger partial charge on any atom is -0.481 e. The van der Waals surface area contributed by atoms with Crippen LogP contribution in [0, 0.1) is 6.92 Å². The van der Waals surface area contributed by atoms with Crippen LogP contribution in [0.15, 0.2) is 41.3 Å². The van der Waals surface area contributed by atoms with Crippen LogP contribution in [0.5, 0.6) is 0 Å². The van der Waals surface area contributed by atoms with Crippen molar-refractivity contribution in [3.05, 3.63) is 58.0 Å². The zero-order valence-electron chi connectivity index (χ0n) is 9.83. The number of carboxylic acids is 1. The van der Waals surface area contributed by atoms with E-state index in [0.717, 1.165) is 0 Å². The average Bonchev–Trinajstić information content (AvgIpc) is 2.35. The van der Waals surface area contributed by atoms with Crippen molar-refractivity contribution in [1.82, 2.24) is 9.78 Å². The summed E-state index contributed by atoms with van der Waals surface area (Å²) in [6, 6.07) is 8.91. The summed E-state index contributed by atoms with van der Waals surface area (Å²) >= 11 is 0. The van der Waals surface area contributed by atoms with E-state index >= 15 is 0 Å². The van der Waals surface area contributed by atoms with Gasteiger partial charge in [-0.15, -0.1) is 0 Å². The van der Waals surface area contributed by atoms with Gasteiger partial charge in [-0.3, -0.25) is 9.59 Å². The third-order valence-corrected chi connectivity index (χ3v) is 2.62. The third-order valence-electron chi connectivity index (χ3n) is 2.62. The van der Waals surface area contributed by atoms with E-state index in [1.807, 2.05) is 6.07 Å². The van der Waals surface area contributed by atoms with E-state index in [1.165, 1.54) is 10.9 Å². The van der Waals surface area contributed by atoms with Crippen LogP contribution in [0.2, 0.25) is 0 Å². The molecule has 2 aromatic rings. The van der Waals surface area contributed by atoms with Gasteiger partial charge < -0.3 is 5.11 Å². The summed E-state index contributed by atoms with van der Waals surface area (Å²) in [6.07, 6.45) is 1.21. The molecule has 1 aromatic heterocycles. The summed E-state index contributed by atoms with van der Waals surface area (Å²) in [4.78, 5) is 22.9. The molecule has 1 aromatic carbocycles. The molecule has 0 spiro atoms. The van der Waals surface area contributed by atoms with Crippen molar-refractivity contribution < 1.29 is 9.90 Å². The maximum atomic E-state index is 12.2. The molecule has 1 N–H and O–H groups in total. The minimum absolute atomic E-state index is 0.265. The van der Waals surface area contributed by atoms with Crippen LogP contribution in [-0.2, 0) is 11.2 Å². The number of benzene rings is 1. The van der Waals surface area contributed by atoms with E-state index in [0.29, 0.717) is 11.3 Å². The molecule has 2 rings (SSSR count). The molecule has 0 radical (unpaired) electrons. The molecule has 1 heterocycles. The number of rotatable bonds is 3. The topological polar surface area (TPSA) is 72.2 Å². The largest absolute Gasteiger partial charge is 0.481 e. The van der Waals surface area contributed by atoms with Crippen molar-refractivity contribution in [3.63, 3.8) is 0 Å². The highest BCUT2D eigenvalue weighted by atomic mass is 16.4. The number of aromatic nitrogens is 2. The molecule has 0 atom stereocenters. The number of aryl methyl sites for hydroxylation is 1. The molecule has 0 saturated carbocycles. The van der Waals surface area contributed by atoms with Crippen LogP contribution in [0.25, 0.3) is 5.69 Å². The molecule has 5 heteroatoms. The van der Waals surface area contributed by atoms with Gasteiger partial charge in [-0.25, -0.2) is 0 Å². The normalized spacial score (nSPS) is 10.3. The molecule has 0 aliphatic carbocycles. The molecular weight excluding hydrogens is 232 g/mol. The number of aliphatic carboxylic acids is 1. The Morgan fingerprint density at radius 3 is 2.61 bits per heavy atom. The first kappa shape index (κ1) is 12.0. The van der Waals surface area contributed by atoms with E-state index in [9.17, 15) is 9.59 Å². The fourth-order valence-electron chi connectivity index (χ4n) is 1.69. The highest BCUT2D eigenvalue weighted by molar-refractivity contribution is 5.70. The van der Waals surface area contributed by atoms with Crippen molar-refractivity contribution in [2.24, 2.45) is 0 Å². The summed E-state index contributed by atoms with van der Waals surface area (Å²) in [5, 5.41) is 12.8. The van der Waals surface area contributed by atoms with E-state index in [4.69, 9.17) is 5.11 Å². The predicted octanol–water partition coefficient (Wildman–Crippen LogP) is 1.17. The van der Waals surface area contributed by atoms with Gasteiger partial charge >= 0.3 is 5.97 Å². The van der Waals surface area contributed by atoms with Gasteiger partial charge in [0.25, 0.3) is 5.56 Å². The number of carboxylic acid groups (broad SMARTS) is 1. The molecule has 0 fully saturated rings. The van der Waals surface area contributed by atoms with Crippen molar-refractivity contribution in [1.29, 1.82) is 0 Å². The Morgan fingerprint density at radius 2 is 2.00 bits per heavy atom. The zero-order valence-corrected chi connectivity index (χ0v) is 9.83. The van der Waals surface area contributed by atoms with E-state index in [2.05, 4.69) is 5.10 Å². The summed E-state index contributed by atoms with van der Waals surface area (Å²) in [6.45, 7) is 1.68. The Balaban J connectivity index is 2.58. The van der Waals surface area contributed by atoms with Gasteiger partial charge in [-0.1, -0.05) is 18.2 Å². The summed E-state index contributed by atoms with van der Waals surface area (Å²) in [5.41, 5.74) is 1.09. The minimum atomic E-state index is -1.03. The zero-order chi connectivity index (χ0) is 13.1. The second-order valence-electron chi connectivity index (χ2n) is 3.93. The van der Waals surface area contributed by atoms with Crippen LogP contribution in [-0.4, -0.2) is 20.9 Å². The third kappa shape index (κ3) is 2.29. The van der Waals surface area contributed by atoms with Crippen LogP contribution in [0.4, 0.5) is 0 Å². The van der Waals surface area contributed by atoms with E-state index in [1.54, 1.807) is 31.2 Å². The molecule has 18 heavy (non-hydrogen) atoms. The predicted molar refractivity (Wildman–Crippen MR) is 65.9 cm³/mol. The fourth-order valence-corrected chi connectivity index (χ4v) is 1.69. The Morgan fingerprint density at radius 1 is 1.33 bits per heavy atom. The molecule has 0 bridgehead atoms. The van der Waals surface area contributed by atoms with Crippen molar-refractivity contribution >= 4 is 5.97 Å². The first-order valence-electron chi connectivity index (χ1n) is 5.44. The second-order valence-corrected chi connectivity index (χ2v) is 3.93. The quantitative estimate of drug-likeness (QED) is 0.879. The molecule has 92 valence electrons. The van der Waals surface area contributed by atoms with Gasteiger partial charge in [0, 0.05) is 5.56 Å². The van der Waals surface area contributed by atoms with Crippen LogP contribution in [0.3, 0.4) is 0 Å². The molecule has 0 aliphatic heterocycles. The smallest absolute Gasteiger partial charge is 0.308 e. The number of para-hydroxylation sites is 1. The van der Waals surface area contributed by atoms with Gasteiger partial charge in [0.15, 0.2) is 0 Å². The molecule has 0 unspecified atom stereocenters. The van der Waals surface area contributed by atoms with E-state index in [-0.39, 0.29) is 17.5 Å². The SMILES string of the molecule is Cc1cnn(-c2ccccc2)c(=O)c1CC(=O)O. The van der Waals surface area contributed by atoms with E-state index < -0.39 is 5.97 Å². The van der Waals surface area contributed by atoms with Crippen LogP contribution >= 0.6 is 0 Å². The van der Waals surface area contributed by atoms with Crippen molar-refractivity contribution in [2.75, 3.05) is 0 Å². The standard InChI is InChI=1S/C13H12N2O3/c1-9-8-14-15(10-5-3-2-4-6-10)13(18)11(9)7-12(16)17/h2-6,8H,7H2,1H3,(H,16,17). The molecule has 0 amide bonds. The summed E-state index contributed by atoms with van der Waals surface area (Å²) < 4.78 is 1.21.